The van der Waals surface area contributed by atoms with E-state index in [0.29, 0.717) is 5.92 Å². The average molecular weight is 254 g/mol. The highest BCUT2D eigenvalue weighted by atomic mass is 35.5. The maximum absolute atomic E-state index is 6.26. The molecule has 0 radical (unpaired) electrons. The van der Waals surface area contributed by atoms with Gasteiger partial charge < -0.3 is 4.74 Å². The Labute approximate surface area is 109 Å². The normalized spacial score (nSPS) is 19.1. The highest BCUT2D eigenvalue weighted by molar-refractivity contribution is 6.30. The lowest BCUT2D eigenvalue weighted by molar-refractivity contribution is -0.0796. The second-order valence-corrected chi connectivity index (χ2v) is 5.36. The molecule has 1 aliphatic rings. The Morgan fingerprint density at radius 3 is 2.59 bits per heavy atom. The molecule has 2 rings (SSSR count). The fourth-order valence-electron chi connectivity index (χ4n) is 2.49. The molecule has 0 saturated heterocycles. The van der Waals surface area contributed by atoms with Crippen molar-refractivity contribution in [3.8, 4) is 5.75 Å². The van der Waals surface area contributed by atoms with Gasteiger partial charge in [0.25, 0.3) is 0 Å². The molecule has 17 heavy (non-hydrogen) atoms. The van der Waals surface area contributed by atoms with E-state index in [-0.39, 0.29) is 5.72 Å². The van der Waals surface area contributed by atoms with Gasteiger partial charge in [-0.3, -0.25) is 4.90 Å². The smallest absolute Gasteiger partial charge is 0.165 e. The third kappa shape index (κ3) is 2.58. The number of rotatable bonds is 5. The van der Waals surface area contributed by atoms with Crippen molar-refractivity contribution in [3.05, 3.63) is 29.3 Å². The first kappa shape index (κ1) is 12.7. The van der Waals surface area contributed by atoms with Crippen molar-refractivity contribution < 1.29 is 4.74 Å². The minimum Gasteiger partial charge on any atom is -0.472 e. The van der Waals surface area contributed by atoms with Crippen molar-refractivity contribution in [1.82, 2.24) is 4.90 Å². The largest absolute Gasteiger partial charge is 0.472 e. The zero-order valence-electron chi connectivity index (χ0n) is 10.7. The standard InChI is InChI=1S/C14H20ClNO/c1-4-14(16(2)3,11-8-9-11)17-13-7-5-6-12(15)10-13/h5-7,10-11H,4,8-9H2,1-3H3. The molecule has 0 aromatic heterocycles. The molecule has 2 nitrogen and oxygen atoms in total. The first-order chi connectivity index (χ1) is 8.08. The lowest BCUT2D eigenvalue weighted by atomic mass is 10.0. The van der Waals surface area contributed by atoms with Gasteiger partial charge >= 0.3 is 0 Å². The van der Waals surface area contributed by atoms with Gasteiger partial charge in [-0.1, -0.05) is 24.6 Å². The monoisotopic (exact) mass is 253 g/mol. The maximum Gasteiger partial charge on any atom is 0.165 e. The van der Waals surface area contributed by atoms with Crippen LogP contribution in [0.4, 0.5) is 0 Å². The Morgan fingerprint density at radius 1 is 1.41 bits per heavy atom. The predicted molar refractivity (Wildman–Crippen MR) is 71.5 cm³/mol. The van der Waals surface area contributed by atoms with Crippen LogP contribution in [-0.2, 0) is 0 Å². The second-order valence-electron chi connectivity index (χ2n) is 4.93. The van der Waals surface area contributed by atoms with Crippen LogP contribution in [0.1, 0.15) is 26.2 Å². The summed E-state index contributed by atoms with van der Waals surface area (Å²) >= 11 is 6.00. The summed E-state index contributed by atoms with van der Waals surface area (Å²) in [7, 11) is 4.18. The summed E-state index contributed by atoms with van der Waals surface area (Å²) in [4.78, 5) is 2.20. The molecule has 1 unspecified atom stereocenters. The van der Waals surface area contributed by atoms with E-state index in [1.54, 1.807) is 0 Å². The van der Waals surface area contributed by atoms with E-state index in [9.17, 15) is 0 Å². The molecule has 0 bridgehead atoms. The lowest BCUT2D eigenvalue weighted by Crippen LogP contribution is -2.51. The number of hydrogen-bond donors (Lipinski definition) is 0. The van der Waals surface area contributed by atoms with Gasteiger partial charge in [0.1, 0.15) is 5.75 Å². The van der Waals surface area contributed by atoms with Crippen molar-refractivity contribution in [1.29, 1.82) is 0 Å². The highest BCUT2D eigenvalue weighted by Crippen LogP contribution is 2.45. The van der Waals surface area contributed by atoms with Gasteiger partial charge in [-0.2, -0.15) is 0 Å². The molecular weight excluding hydrogens is 234 g/mol. The molecule has 0 aliphatic heterocycles. The van der Waals surface area contributed by atoms with Crippen LogP contribution in [0.25, 0.3) is 0 Å². The van der Waals surface area contributed by atoms with Crippen molar-refractivity contribution in [2.45, 2.75) is 31.9 Å². The van der Waals surface area contributed by atoms with Gasteiger partial charge in [-0.25, -0.2) is 0 Å². The van der Waals surface area contributed by atoms with Crippen LogP contribution in [0.5, 0.6) is 5.75 Å². The number of ether oxygens (including phenoxy) is 1. The minimum absolute atomic E-state index is 0.176. The molecule has 0 heterocycles. The Kier molecular flexibility index (Phi) is 3.64. The van der Waals surface area contributed by atoms with E-state index in [1.807, 2.05) is 24.3 Å². The Morgan fingerprint density at radius 2 is 2.12 bits per heavy atom. The zero-order valence-corrected chi connectivity index (χ0v) is 11.5. The molecule has 1 aromatic carbocycles. The fourth-order valence-corrected chi connectivity index (χ4v) is 2.67. The van der Waals surface area contributed by atoms with Gasteiger partial charge in [0.05, 0.1) is 0 Å². The molecule has 1 saturated carbocycles. The first-order valence-corrected chi connectivity index (χ1v) is 6.58. The van der Waals surface area contributed by atoms with E-state index in [2.05, 4.69) is 25.9 Å². The van der Waals surface area contributed by atoms with Crippen molar-refractivity contribution in [2.75, 3.05) is 14.1 Å². The molecular formula is C14H20ClNO. The zero-order chi connectivity index (χ0) is 12.5. The Bertz CT molecular complexity index is 386. The summed E-state index contributed by atoms with van der Waals surface area (Å²) in [5.41, 5.74) is -0.176. The number of halogens is 1. The van der Waals surface area contributed by atoms with Gasteiger partial charge in [0.15, 0.2) is 5.72 Å². The summed E-state index contributed by atoms with van der Waals surface area (Å²) in [5.74, 6) is 1.50. The van der Waals surface area contributed by atoms with Gasteiger partial charge in [0, 0.05) is 10.9 Å². The van der Waals surface area contributed by atoms with Gasteiger partial charge in [-0.05, 0) is 51.6 Å². The molecule has 1 fully saturated rings. The van der Waals surface area contributed by atoms with E-state index in [1.165, 1.54) is 12.8 Å². The highest BCUT2D eigenvalue weighted by Gasteiger charge is 2.48. The van der Waals surface area contributed by atoms with Crippen molar-refractivity contribution in [2.24, 2.45) is 5.92 Å². The molecule has 94 valence electrons. The molecule has 1 aliphatic carbocycles. The quantitative estimate of drug-likeness (QED) is 0.741. The number of benzene rings is 1. The Balaban J connectivity index is 2.23. The van der Waals surface area contributed by atoms with Crippen LogP contribution >= 0.6 is 11.6 Å². The molecule has 0 spiro atoms. The van der Waals surface area contributed by atoms with E-state index in [0.717, 1.165) is 17.2 Å². The van der Waals surface area contributed by atoms with Crippen LogP contribution < -0.4 is 4.74 Å². The van der Waals surface area contributed by atoms with Crippen molar-refractivity contribution in [3.63, 3.8) is 0 Å². The SMILES string of the molecule is CCC(Oc1cccc(Cl)c1)(C1CC1)N(C)C. The van der Waals surface area contributed by atoms with Crippen LogP contribution in [0.15, 0.2) is 24.3 Å². The third-order valence-corrected chi connectivity index (χ3v) is 3.80. The maximum atomic E-state index is 6.26. The lowest BCUT2D eigenvalue weighted by Gasteiger charge is -2.40. The minimum atomic E-state index is -0.176. The predicted octanol–water partition coefficient (Wildman–Crippen LogP) is 3.80. The average Bonchev–Trinajstić information content (AvgIpc) is 3.09. The molecule has 0 N–H and O–H groups in total. The Hall–Kier alpha value is -0.730. The van der Waals surface area contributed by atoms with Crippen molar-refractivity contribution >= 4 is 11.6 Å². The third-order valence-electron chi connectivity index (χ3n) is 3.57. The molecule has 1 aromatic rings. The second kappa shape index (κ2) is 4.87. The van der Waals surface area contributed by atoms with Crippen LogP contribution in [-0.4, -0.2) is 24.7 Å². The van der Waals surface area contributed by atoms with Crippen LogP contribution in [0, 0.1) is 5.92 Å². The topological polar surface area (TPSA) is 12.5 Å². The van der Waals surface area contributed by atoms with E-state index < -0.39 is 0 Å². The number of hydrogen-bond acceptors (Lipinski definition) is 2. The summed E-state index contributed by atoms with van der Waals surface area (Å²) in [6.07, 6.45) is 3.50. The van der Waals surface area contributed by atoms with Crippen LogP contribution in [0.2, 0.25) is 5.02 Å². The summed E-state index contributed by atoms with van der Waals surface area (Å²) in [6, 6.07) is 7.66. The molecule has 0 amide bonds. The fraction of sp³-hybridized carbons (Fsp3) is 0.571. The summed E-state index contributed by atoms with van der Waals surface area (Å²) in [5, 5.41) is 0.724. The summed E-state index contributed by atoms with van der Waals surface area (Å²) in [6.45, 7) is 2.18. The van der Waals surface area contributed by atoms with E-state index >= 15 is 0 Å². The molecule has 1 atom stereocenters. The van der Waals surface area contributed by atoms with Gasteiger partial charge in [-0.15, -0.1) is 0 Å². The van der Waals surface area contributed by atoms with Crippen LogP contribution in [0.3, 0.4) is 0 Å². The molecule has 3 heteroatoms. The number of nitrogens with zero attached hydrogens (tertiary/aromatic N) is 1. The van der Waals surface area contributed by atoms with Gasteiger partial charge in [0.2, 0.25) is 0 Å². The first-order valence-electron chi connectivity index (χ1n) is 6.20. The summed E-state index contributed by atoms with van der Waals surface area (Å²) < 4.78 is 6.26. The van der Waals surface area contributed by atoms with E-state index in [4.69, 9.17) is 16.3 Å².